The summed E-state index contributed by atoms with van der Waals surface area (Å²) in [5.74, 6) is 0.286. The summed E-state index contributed by atoms with van der Waals surface area (Å²) in [7, 11) is 1.59. The maximum absolute atomic E-state index is 13.1. The lowest BCUT2D eigenvalue weighted by atomic mass is 10.1. The van der Waals surface area contributed by atoms with Crippen LogP contribution >= 0.6 is 0 Å². The number of ether oxygens (including phenoxy) is 2. The fourth-order valence-corrected chi connectivity index (χ4v) is 3.54. The molecule has 184 valence electrons. The summed E-state index contributed by atoms with van der Waals surface area (Å²) < 4.78 is 24.1. The molecule has 3 rings (SSSR count). The third kappa shape index (κ3) is 7.28. The summed E-state index contributed by atoms with van der Waals surface area (Å²) in [5.41, 5.74) is 2.15. The van der Waals surface area contributed by atoms with Crippen LogP contribution in [-0.2, 0) is 11.3 Å². The molecule has 0 aromatic heterocycles. The standard InChI is InChI=1S/C27H30FN3O4/c1-4-31(17-19-10-15-24(35-5-2)25(16-19)34-3)18-26(32)30-23-9-7-6-8-22(23)27(33)29-21-13-11-20(28)12-14-21/h6-16H,4-5,17-18H2,1-3H3,(H,29,33)(H,30,32). The van der Waals surface area contributed by atoms with E-state index in [1.807, 2.05) is 36.9 Å². The van der Waals surface area contributed by atoms with Gasteiger partial charge in [-0.15, -0.1) is 0 Å². The van der Waals surface area contributed by atoms with Gasteiger partial charge in [-0.1, -0.05) is 25.1 Å². The molecule has 2 N–H and O–H groups in total. The van der Waals surface area contributed by atoms with E-state index in [9.17, 15) is 14.0 Å². The summed E-state index contributed by atoms with van der Waals surface area (Å²) >= 11 is 0. The Morgan fingerprint density at radius 3 is 2.37 bits per heavy atom. The third-order valence-corrected chi connectivity index (χ3v) is 5.30. The Bertz CT molecular complexity index is 1150. The van der Waals surface area contributed by atoms with Gasteiger partial charge >= 0.3 is 0 Å². The number of rotatable bonds is 11. The number of carbonyl (C=O) groups excluding carboxylic acids is 2. The number of benzene rings is 3. The van der Waals surface area contributed by atoms with Crippen molar-refractivity contribution in [3.8, 4) is 11.5 Å². The predicted molar refractivity (Wildman–Crippen MR) is 135 cm³/mol. The molecule has 0 atom stereocenters. The van der Waals surface area contributed by atoms with Gasteiger partial charge in [-0.2, -0.15) is 0 Å². The lowest BCUT2D eigenvalue weighted by Gasteiger charge is -2.21. The fourth-order valence-electron chi connectivity index (χ4n) is 3.54. The molecule has 0 radical (unpaired) electrons. The van der Waals surface area contributed by atoms with Crippen molar-refractivity contribution in [2.24, 2.45) is 0 Å². The van der Waals surface area contributed by atoms with E-state index in [4.69, 9.17) is 9.47 Å². The van der Waals surface area contributed by atoms with Gasteiger partial charge < -0.3 is 20.1 Å². The molecule has 8 heteroatoms. The smallest absolute Gasteiger partial charge is 0.257 e. The van der Waals surface area contributed by atoms with Gasteiger partial charge in [-0.3, -0.25) is 14.5 Å². The molecule has 0 aliphatic carbocycles. The molecule has 3 aromatic carbocycles. The van der Waals surface area contributed by atoms with Gasteiger partial charge in [-0.25, -0.2) is 4.39 Å². The first-order valence-electron chi connectivity index (χ1n) is 11.4. The van der Waals surface area contributed by atoms with Crippen LogP contribution in [0.1, 0.15) is 29.8 Å². The van der Waals surface area contributed by atoms with E-state index in [1.165, 1.54) is 24.3 Å². The fraction of sp³-hybridized carbons (Fsp3) is 0.259. The molecule has 0 spiro atoms. The Morgan fingerprint density at radius 2 is 1.69 bits per heavy atom. The number of anilines is 2. The number of amides is 2. The van der Waals surface area contributed by atoms with E-state index in [0.717, 1.165) is 5.56 Å². The molecule has 0 unspecified atom stereocenters. The second-order valence-corrected chi connectivity index (χ2v) is 7.78. The summed E-state index contributed by atoms with van der Waals surface area (Å²) in [5, 5.41) is 5.56. The largest absolute Gasteiger partial charge is 0.493 e. The van der Waals surface area contributed by atoms with Gasteiger partial charge in [0.2, 0.25) is 5.91 Å². The van der Waals surface area contributed by atoms with Crippen LogP contribution in [0.4, 0.5) is 15.8 Å². The topological polar surface area (TPSA) is 79.9 Å². The molecule has 35 heavy (non-hydrogen) atoms. The van der Waals surface area contributed by atoms with Crippen LogP contribution in [-0.4, -0.2) is 43.5 Å². The van der Waals surface area contributed by atoms with Crippen molar-refractivity contribution in [3.05, 3.63) is 83.7 Å². The Kier molecular flexibility index (Phi) is 9.20. The SMILES string of the molecule is CCOc1ccc(CN(CC)CC(=O)Nc2ccccc2C(=O)Nc2ccc(F)cc2)cc1OC. The van der Waals surface area contributed by atoms with Gasteiger partial charge in [0.05, 0.1) is 31.5 Å². The number of nitrogens with zero attached hydrogens (tertiary/aromatic N) is 1. The summed E-state index contributed by atoms with van der Waals surface area (Å²) in [4.78, 5) is 27.6. The maximum Gasteiger partial charge on any atom is 0.257 e. The number of para-hydroxylation sites is 1. The molecular formula is C27H30FN3O4. The number of nitrogens with one attached hydrogen (secondary N) is 2. The average Bonchev–Trinajstić information content (AvgIpc) is 2.86. The lowest BCUT2D eigenvalue weighted by Crippen LogP contribution is -2.33. The minimum Gasteiger partial charge on any atom is -0.493 e. The minimum atomic E-state index is -0.402. The van der Waals surface area contributed by atoms with E-state index in [-0.39, 0.29) is 18.3 Å². The first kappa shape index (κ1) is 25.7. The summed E-state index contributed by atoms with van der Waals surface area (Å²) in [6, 6.07) is 18.0. The highest BCUT2D eigenvalue weighted by Crippen LogP contribution is 2.28. The van der Waals surface area contributed by atoms with Crippen LogP contribution in [0, 0.1) is 5.82 Å². The quantitative estimate of drug-likeness (QED) is 0.407. The normalized spacial score (nSPS) is 10.7. The molecule has 0 aliphatic rings. The molecular weight excluding hydrogens is 449 g/mol. The Hall–Kier alpha value is -3.91. The molecule has 0 aliphatic heterocycles. The first-order valence-corrected chi connectivity index (χ1v) is 11.4. The van der Waals surface area contributed by atoms with Gasteiger partial charge in [0.1, 0.15) is 5.82 Å². The van der Waals surface area contributed by atoms with E-state index in [1.54, 1.807) is 31.4 Å². The van der Waals surface area contributed by atoms with Gasteiger partial charge in [0.25, 0.3) is 5.91 Å². The van der Waals surface area contributed by atoms with Crippen molar-refractivity contribution in [2.45, 2.75) is 20.4 Å². The Balaban J connectivity index is 1.65. The van der Waals surface area contributed by atoms with Gasteiger partial charge in [0, 0.05) is 12.2 Å². The molecule has 0 saturated heterocycles. The molecule has 7 nitrogen and oxygen atoms in total. The number of methoxy groups -OCH3 is 1. The van der Waals surface area contributed by atoms with Crippen molar-refractivity contribution in [3.63, 3.8) is 0 Å². The van der Waals surface area contributed by atoms with E-state index < -0.39 is 5.91 Å². The molecule has 0 bridgehead atoms. The van der Waals surface area contributed by atoms with Crippen LogP contribution in [0.25, 0.3) is 0 Å². The summed E-state index contributed by atoms with van der Waals surface area (Å²) in [6.45, 7) is 5.76. The lowest BCUT2D eigenvalue weighted by molar-refractivity contribution is -0.117. The second-order valence-electron chi connectivity index (χ2n) is 7.78. The van der Waals surface area contributed by atoms with Crippen molar-refractivity contribution in [1.29, 1.82) is 0 Å². The van der Waals surface area contributed by atoms with Crippen LogP contribution in [0.2, 0.25) is 0 Å². The number of likely N-dealkylation sites (N-methyl/N-ethyl adjacent to an activating group) is 1. The Labute approximate surface area is 204 Å². The number of halogens is 1. The average molecular weight is 480 g/mol. The van der Waals surface area contributed by atoms with E-state index >= 15 is 0 Å². The molecule has 2 amide bonds. The molecule has 0 heterocycles. The molecule has 0 fully saturated rings. The van der Waals surface area contributed by atoms with Crippen LogP contribution in [0.15, 0.2) is 66.7 Å². The summed E-state index contributed by atoms with van der Waals surface area (Å²) in [6.07, 6.45) is 0. The Morgan fingerprint density at radius 1 is 0.943 bits per heavy atom. The van der Waals surface area contributed by atoms with Crippen molar-refractivity contribution in [1.82, 2.24) is 4.90 Å². The number of hydrogen-bond donors (Lipinski definition) is 2. The van der Waals surface area contributed by atoms with Crippen LogP contribution in [0.3, 0.4) is 0 Å². The van der Waals surface area contributed by atoms with Gasteiger partial charge in [0.15, 0.2) is 11.5 Å². The van der Waals surface area contributed by atoms with Gasteiger partial charge in [-0.05, 0) is 67.6 Å². The number of carbonyl (C=O) groups is 2. The highest BCUT2D eigenvalue weighted by atomic mass is 19.1. The molecule has 0 saturated carbocycles. The second kappa shape index (κ2) is 12.5. The highest BCUT2D eigenvalue weighted by Gasteiger charge is 2.16. The van der Waals surface area contributed by atoms with Crippen molar-refractivity contribution in [2.75, 3.05) is 37.4 Å². The van der Waals surface area contributed by atoms with Crippen molar-refractivity contribution < 1.29 is 23.5 Å². The number of hydrogen-bond acceptors (Lipinski definition) is 5. The first-order chi connectivity index (χ1) is 16.9. The van der Waals surface area contributed by atoms with E-state index in [0.29, 0.717) is 48.1 Å². The van der Waals surface area contributed by atoms with Crippen LogP contribution in [0.5, 0.6) is 11.5 Å². The van der Waals surface area contributed by atoms with E-state index in [2.05, 4.69) is 10.6 Å². The zero-order valence-corrected chi connectivity index (χ0v) is 20.1. The highest BCUT2D eigenvalue weighted by molar-refractivity contribution is 6.10. The zero-order chi connectivity index (χ0) is 25.2. The zero-order valence-electron chi connectivity index (χ0n) is 20.1. The minimum absolute atomic E-state index is 0.139. The monoisotopic (exact) mass is 479 g/mol. The third-order valence-electron chi connectivity index (χ3n) is 5.30. The molecule has 3 aromatic rings. The predicted octanol–water partition coefficient (Wildman–Crippen LogP) is 4.95. The van der Waals surface area contributed by atoms with Crippen molar-refractivity contribution >= 4 is 23.2 Å². The van der Waals surface area contributed by atoms with Crippen LogP contribution < -0.4 is 20.1 Å². The maximum atomic E-state index is 13.1.